The lowest BCUT2D eigenvalue weighted by atomic mass is 9.91. The summed E-state index contributed by atoms with van der Waals surface area (Å²) in [5.74, 6) is 1.13. The highest BCUT2D eigenvalue weighted by molar-refractivity contribution is 5.83. The molecule has 10 nitrogen and oxygen atoms in total. The highest BCUT2D eigenvalue weighted by Gasteiger charge is 2.29. The number of rotatable bonds is 12. The maximum absolute atomic E-state index is 12.8. The molecule has 4 N–H and O–H groups in total. The Bertz CT molecular complexity index is 1590. The Balaban J connectivity index is 0.00000196. The van der Waals surface area contributed by atoms with Gasteiger partial charge in [0.1, 0.15) is 6.23 Å². The molecule has 1 amide bonds. The molecular weight excluding hydrogens is 566 g/mol. The van der Waals surface area contributed by atoms with Gasteiger partial charge in [0, 0.05) is 19.6 Å². The number of fused-ring (bicyclic) bond motifs is 1. The van der Waals surface area contributed by atoms with Crippen molar-refractivity contribution in [3.05, 3.63) is 120 Å². The Morgan fingerprint density at radius 1 is 0.956 bits per heavy atom. The second-order valence-corrected chi connectivity index (χ2v) is 10.8. The van der Waals surface area contributed by atoms with Gasteiger partial charge in [0.2, 0.25) is 5.91 Å². The van der Waals surface area contributed by atoms with E-state index < -0.39 is 0 Å². The predicted octanol–water partition coefficient (Wildman–Crippen LogP) is 4.83. The van der Waals surface area contributed by atoms with Crippen LogP contribution in [0.15, 0.2) is 97.3 Å². The molecule has 0 saturated carbocycles. The molecule has 2 unspecified atom stereocenters. The first-order valence-corrected chi connectivity index (χ1v) is 15.3. The first-order chi connectivity index (χ1) is 22.2. The first kappa shape index (κ1) is 31.8. The Kier molecular flexibility index (Phi) is 11.2. The molecule has 0 bridgehead atoms. The number of imidazole rings is 1. The number of amides is 1. The van der Waals surface area contributed by atoms with Crippen LogP contribution < -0.4 is 16.4 Å². The number of hydrogen-bond acceptors (Lipinski definition) is 8. The summed E-state index contributed by atoms with van der Waals surface area (Å²) in [6.45, 7) is 1.34. The number of ether oxygens (including phenoxy) is 2. The molecule has 3 heterocycles. The van der Waals surface area contributed by atoms with Gasteiger partial charge in [-0.15, -0.1) is 0 Å². The van der Waals surface area contributed by atoms with Crippen molar-refractivity contribution in [3.63, 3.8) is 0 Å². The van der Waals surface area contributed by atoms with Crippen LogP contribution in [0.25, 0.3) is 11.2 Å². The number of hydrogen-bond donors (Lipinski definition) is 3. The van der Waals surface area contributed by atoms with Crippen molar-refractivity contribution in [2.24, 2.45) is 5.73 Å². The number of carbonyl (C=O) groups is 1. The monoisotopic (exact) mass is 607 g/mol. The van der Waals surface area contributed by atoms with Crippen molar-refractivity contribution in [1.82, 2.24) is 24.8 Å². The number of nitrogens with zero attached hydrogens (tertiary/aromatic N) is 4. The van der Waals surface area contributed by atoms with Crippen LogP contribution in [0.5, 0.6) is 0 Å². The van der Waals surface area contributed by atoms with Gasteiger partial charge in [-0.1, -0.05) is 91.0 Å². The summed E-state index contributed by atoms with van der Waals surface area (Å²) in [5.41, 5.74) is 9.19. The summed E-state index contributed by atoms with van der Waals surface area (Å²) in [6, 6.07) is 30.6. The summed E-state index contributed by atoms with van der Waals surface area (Å²) >= 11 is 0. The van der Waals surface area contributed by atoms with E-state index in [-0.39, 0.29) is 30.7 Å². The minimum absolute atomic E-state index is 0.0288. The van der Waals surface area contributed by atoms with Gasteiger partial charge in [0.25, 0.3) is 0 Å². The van der Waals surface area contributed by atoms with Crippen molar-refractivity contribution in [2.45, 2.75) is 44.1 Å². The van der Waals surface area contributed by atoms with E-state index in [4.69, 9.17) is 24.4 Å². The van der Waals surface area contributed by atoms with E-state index in [0.717, 1.165) is 18.4 Å². The second kappa shape index (κ2) is 15.9. The lowest BCUT2D eigenvalue weighted by molar-refractivity contribution is -0.120. The molecule has 45 heavy (non-hydrogen) atoms. The SMILES string of the molecule is CN.COCC1CCC(n2cnc3c(NCC(c4ccccc4)c4ccccc4)nc(CNC(=O)Cc4ccccc4)nc32)O1. The third kappa shape index (κ3) is 8.10. The largest absolute Gasteiger partial charge is 0.382 e. The zero-order valence-electron chi connectivity index (χ0n) is 25.8. The van der Waals surface area contributed by atoms with Crippen LogP contribution in [0.3, 0.4) is 0 Å². The summed E-state index contributed by atoms with van der Waals surface area (Å²) in [4.78, 5) is 27.2. The van der Waals surface area contributed by atoms with Gasteiger partial charge >= 0.3 is 0 Å². The zero-order chi connectivity index (χ0) is 31.4. The lowest BCUT2D eigenvalue weighted by Crippen LogP contribution is -2.26. The van der Waals surface area contributed by atoms with E-state index in [9.17, 15) is 4.79 Å². The molecule has 0 aliphatic carbocycles. The van der Waals surface area contributed by atoms with Crippen LogP contribution in [0.1, 0.15) is 47.5 Å². The molecule has 1 aliphatic rings. The quantitative estimate of drug-likeness (QED) is 0.184. The zero-order valence-corrected chi connectivity index (χ0v) is 25.8. The van der Waals surface area contributed by atoms with E-state index >= 15 is 0 Å². The van der Waals surface area contributed by atoms with Gasteiger partial charge in [-0.3, -0.25) is 9.36 Å². The summed E-state index contributed by atoms with van der Waals surface area (Å²) in [6.07, 6.45) is 3.62. The fourth-order valence-corrected chi connectivity index (χ4v) is 5.59. The normalized spacial score (nSPS) is 15.9. The van der Waals surface area contributed by atoms with E-state index in [1.54, 1.807) is 13.4 Å². The Morgan fingerprint density at radius 3 is 2.24 bits per heavy atom. The van der Waals surface area contributed by atoms with E-state index in [0.29, 0.717) is 42.4 Å². The number of anilines is 1. The molecule has 3 aromatic carbocycles. The van der Waals surface area contributed by atoms with E-state index in [1.807, 2.05) is 47.0 Å². The van der Waals surface area contributed by atoms with Gasteiger partial charge < -0.3 is 25.8 Å². The first-order valence-electron chi connectivity index (χ1n) is 15.3. The number of nitrogens with one attached hydrogen (secondary N) is 2. The van der Waals surface area contributed by atoms with Crippen molar-refractivity contribution < 1.29 is 14.3 Å². The lowest BCUT2D eigenvalue weighted by Gasteiger charge is -2.20. The molecule has 2 atom stereocenters. The molecule has 10 heteroatoms. The highest BCUT2D eigenvalue weighted by Crippen LogP contribution is 2.32. The molecule has 0 spiro atoms. The van der Waals surface area contributed by atoms with E-state index in [1.165, 1.54) is 18.2 Å². The molecule has 1 fully saturated rings. The maximum atomic E-state index is 12.8. The van der Waals surface area contributed by atoms with Crippen LogP contribution in [0, 0.1) is 0 Å². The van der Waals surface area contributed by atoms with Crippen LogP contribution in [-0.2, 0) is 27.2 Å². The molecule has 2 aromatic heterocycles. The number of benzene rings is 3. The van der Waals surface area contributed by atoms with Gasteiger partial charge in [-0.05, 0) is 36.6 Å². The smallest absolute Gasteiger partial charge is 0.224 e. The van der Waals surface area contributed by atoms with Gasteiger partial charge in [-0.25, -0.2) is 15.0 Å². The Labute approximate surface area is 264 Å². The third-order valence-electron chi connectivity index (χ3n) is 7.74. The van der Waals surface area contributed by atoms with Crippen molar-refractivity contribution in [3.8, 4) is 0 Å². The number of nitrogens with two attached hydrogens (primary N) is 1. The summed E-state index contributed by atoms with van der Waals surface area (Å²) in [7, 11) is 3.19. The van der Waals surface area contributed by atoms with Gasteiger partial charge in [0.05, 0.1) is 32.0 Å². The fourth-order valence-electron chi connectivity index (χ4n) is 5.59. The number of aromatic nitrogens is 4. The molecule has 1 aliphatic heterocycles. The minimum Gasteiger partial charge on any atom is -0.382 e. The Hall–Kier alpha value is -4.64. The van der Waals surface area contributed by atoms with Gasteiger partial charge in [-0.2, -0.15) is 0 Å². The molecule has 5 aromatic rings. The topological polar surface area (TPSA) is 129 Å². The molecule has 6 rings (SSSR count). The average Bonchev–Trinajstić information content (AvgIpc) is 3.74. The molecule has 234 valence electrons. The van der Waals surface area contributed by atoms with Crippen molar-refractivity contribution in [2.75, 3.05) is 32.6 Å². The minimum atomic E-state index is -0.199. The fraction of sp³-hybridized carbons (Fsp3) is 0.314. The average molecular weight is 608 g/mol. The van der Waals surface area contributed by atoms with Gasteiger partial charge in [0.15, 0.2) is 22.8 Å². The highest BCUT2D eigenvalue weighted by atomic mass is 16.5. The van der Waals surface area contributed by atoms with Crippen LogP contribution in [0.4, 0.5) is 5.82 Å². The molecular formula is C35H41N7O3. The molecule has 0 radical (unpaired) electrons. The van der Waals surface area contributed by atoms with Crippen LogP contribution in [0.2, 0.25) is 0 Å². The van der Waals surface area contributed by atoms with Crippen molar-refractivity contribution in [1.29, 1.82) is 0 Å². The third-order valence-corrected chi connectivity index (χ3v) is 7.74. The van der Waals surface area contributed by atoms with Crippen LogP contribution >= 0.6 is 0 Å². The second-order valence-electron chi connectivity index (χ2n) is 10.8. The molecule has 1 saturated heterocycles. The number of methoxy groups -OCH3 is 1. The van der Waals surface area contributed by atoms with E-state index in [2.05, 4.69) is 64.9 Å². The number of carbonyl (C=O) groups excluding carboxylic acids is 1. The Morgan fingerprint density at radius 2 is 1.60 bits per heavy atom. The summed E-state index contributed by atoms with van der Waals surface area (Å²) in [5, 5.41) is 6.58. The van der Waals surface area contributed by atoms with Crippen LogP contribution in [-0.4, -0.2) is 58.8 Å². The van der Waals surface area contributed by atoms with Crippen molar-refractivity contribution >= 4 is 22.9 Å². The maximum Gasteiger partial charge on any atom is 0.224 e. The standard InChI is InChI=1S/C34H36N6O3.CH5N/c1-42-22-27-17-18-31(43-27)40-23-37-32-33(36-20-28(25-13-7-3-8-14-25)26-15-9-4-10-16-26)38-29(39-34(32)40)21-35-30(41)19-24-11-5-2-6-12-24;1-2/h2-16,23,27-28,31H,17-22H2,1H3,(H,35,41)(H,36,38,39);2H2,1H3. The predicted molar refractivity (Wildman–Crippen MR) is 176 cm³/mol. The summed E-state index contributed by atoms with van der Waals surface area (Å²) < 4.78 is 13.5.